The molecule has 0 saturated heterocycles. The van der Waals surface area contributed by atoms with Gasteiger partial charge >= 0.3 is 0 Å². The van der Waals surface area contributed by atoms with Gasteiger partial charge in [0.25, 0.3) is 0 Å². The predicted octanol–water partition coefficient (Wildman–Crippen LogP) is 0.851. The van der Waals surface area contributed by atoms with Gasteiger partial charge in [-0.15, -0.1) is 0 Å². The maximum atomic E-state index is 10.2. The Morgan fingerprint density at radius 3 is 1.94 bits per heavy atom. The number of hydrogen-bond acceptors (Lipinski definition) is 2. The lowest BCUT2D eigenvalue weighted by molar-refractivity contribution is 0.415. The molecule has 2 aromatic rings. The minimum Gasteiger partial charge on any atom is -0.497 e. The van der Waals surface area contributed by atoms with Gasteiger partial charge < -0.3 is 9.63 Å². The van der Waals surface area contributed by atoms with Crippen LogP contribution in [0.2, 0.25) is 0 Å². The Hall–Kier alpha value is -1.31. The Labute approximate surface area is 105 Å². The molecule has 0 aliphatic carbocycles. The van der Waals surface area contributed by atoms with Crippen LogP contribution in [0.5, 0.6) is 5.75 Å². The SMILES string of the molecule is B.COc1ccc(P(O)c2ccccc2)cc1. The van der Waals surface area contributed by atoms with Gasteiger partial charge in [0.15, 0.2) is 0 Å². The molecule has 2 nitrogen and oxygen atoms in total. The molecule has 0 amide bonds. The number of hydrogen-bond donors (Lipinski definition) is 1. The van der Waals surface area contributed by atoms with Crippen molar-refractivity contribution >= 4 is 27.2 Å². The highest BCUT2D eigenvalue weighted by atomic mass is 31.1. The van der Waals surface area contributed by atoms with E-state index in [1.54, 1.807) is 7.11 Å². The lowest BCUT2D eigenvalue weighted by Gasteiger charge is -2.11. The first-order valence-electron chi connectivity index (χ1n) is 4.99. The molecule has 17 heavy (non-hydrogen) atoms. The first kappa shape index (κ1) is 13.8. The zero-order valence-electron chi connectivity index (χ0n) is 9.00. The lowest BCUT2D eigenvalue weighted by atomic mass is 10.3. The molecule has 2 rings (SSSR count). The summed E-state index contributed by atoms with van der Waals surface area (Å²) in [5.74, 6) is 0.806. The molecule has 0 radical (unpaired) electrons. The molecule has 0 saturated carbocycles. The third-order valence-corrected chi connectivity index (χ3v) is 3.89. The van der Waals surface area contributed by atoms with Crippen LogP contribution >= 0.6 is 8.15 Å². The van der Waals surface area contributed by atoms with Crippen LogP contribution in [-0.2, 0) is 0 Å². The van der Waals surface area contributed by atoms with Crippen LogP contribution in [0, 0.1) is 0 Å². The van der Waals surface area contributed by atoms with Gasteiger partial charge in [-0.3, -0.25) is 0 Å². The van der Waals surface area contributed by atoms with Gasteiger partial charge in [-0.2, -0.15) is 0 Å². The summed E-state index contributed by atoms with van der Waals surface area (Å²) in [6, 6.07) is 17.2. The van der Waals surface area contributed by atoms with Crippen LogP contribution in [0.1, 0.15) is 0 Å². The first-order valence-corrected chi connectivity index (χ1v) is 6.29. The number of methoxy groups -OCH3 is 1. The van der Waals surface area contributed by atoms with Crippen molar-refractivity contribution in [3.63, 3.8) is 0 Å². The van der Waals surface area contributed by atoms with Gasteiger partial charge in [-0.1, -0.05) is 30.3 Å². The monoisotopic (exact) mass is 246 g/mol. The number of rotatable bonds is 3. The molecule has 0 fully saturated rings. The molecule has 0 bridgehead atoms. The Morgan fingerprint density at radius 2 is 1.41 bits per heavy atom. The fourth-order valence-corrected chi connectivity index (χ4v) is 2.63. The van der Waals surface area contributed by atoms with Crippen LogP contribution < -0.4 is 15.3 Å². The van der Waals surface area contributed by atoms with Crippen LogP contribution in [0.4, 0.5) is 0 Å². The van der Waals surface area contributed by atoms with Crippen molar-refractivity contribution in [2.45, 2.75) is 0 Å². The molecule has 1 atom stereocenters. The van der Waals surface area contributed by atoms with Gasteiger partial charge in [0.05, 0.1) is 23.7 Å². The van der Waals surface area contributed by atoms with Gasteiger partial charge in [-0.25, -0.2) is 0 Å². The highest BCUT2D eigenvalue weighted by molar-refractivity contribution is 7.67. The summed E-state index contributed by atoms with van der Waals surface area (Å²) in [6.45, 7) is 0. The van der Waals surface area contributed by atoms with E-state index in [2.05, 4.69) is 0 Å². The van der Waals surface area contributed by atoms with Crippen molar-refractivity contribution < 1.29 is 9.63 Å². The van der Waals surface area contributed by atoms with E-state index in [0.717, 1.165) is 16.4 Å². The van der Waals surface area contributed by atoms with Gasteiger partial charge in [0, 0.05) is 10.6 Å². The van der Waals surface area contributed by atoms with Gasteiger partial charge in [-0.05, 0) is 24.3 Å². The third-order valence-electron chi connectivity index (χ3n) is 2.32. The topological polar surface area (TPSA) is 29.5 Å². The van der Waals surface area contributed by atoms with Crippen LogP contribution in [0.25, 0.3) is 0 Å². The highest BCUT2D eigenvalue weighted by Gasteiger charge is 2.09. The summed E-state index contributed by atoms with van der Waals surface area (Å²) in [6.07, 6.45) is 0. The van der Waals surface area contributed by atoms with Crippen molar-refractivity contribution in [1.29, 1.82) is 0 Å². The molecule has 0 aliphatic rings. The number of ether oxygens (including phenoxy) is 1. The largest absolute Gasteiger partial charge is 0.497 e. The van der Waals surface area contributed by atoms with E-state index in [-0.39, 0.29) is 8.41 Å². The summed E-state index contributed by atoms with van der Waals surface area (Å²) < 4.78 is 5.08. The minimum atomic E-state index is -1.24. The summed E-state index contributed by atoms with van der Waals surface area (Å²) in [5, 5.41) is 1.89. The number of benzene rings is 2. The molecule has 1 unspecified atom stereocenters. The molecule has 0 aliphatic heterocycles. The zero-order valence-corrected chi connectivity index (χ0v) is 9.89. The molecule has 2 aromatic carbocycles. The van der Waals surface area contributed by atoms with Crippen LogP contribution in [0.15, 0.2) is 54.6 Å². The quantitative estimate of drug-likeness (QED) is 0.642. The molecular weight excluding hydrogens is 230 g/mol. The standard InChI is InChI=1S/C13H13O2P.BH3/c1-15-11-7-9-13(10-8-11)16(14)12-5-3-2-4-6-12;/h2-10,14H,1H3;1H3. The van der Waals surface area contributed by atoms with E-state index in [9.17, 15) is 4.89 Å². The highest BCUT2D eigenvalue weighted by Crippen LogP contribution is 2.28. The average Bonchev–Trinajstić information content (AvgIpc) is 2.39. The second-order valence-electron chi connectivity index (χ2n) is 3.35. The van der Waals surface area contributed by atoms with E-state index < -0.39 is 8.15 Å². The molecule has 88 valence electrons. The van der Waals surface area contributed by atoms with E-state index in [1.807, 2.05) is 54.6 Å². The van der Waals surface area contributed by atoms with Gasteiger partial charge in [0.1, 0.15) is 5.75 Å². The smallest absolute Gasteiger partial charge is 0.118 e. The Kier molecular flexibility index (Phi) is 5.21. The van der Waals surface area contributed by atoms with Crippen molar-refractivity contribution in [3.8, 4) is 5.75 Å². The second kappa shape index (κ2) is 6.44. The van der Waals surface area contributed by atoms with Crippen LogP contribution in [-0.4, -0.2) is 20.4 Å². The molecule has 0 spiro atoms. The maximum absolute atomic E-state index is 10.2. The maximum Gasteiger partial charge on any atom is 0.118 e. The molecule has 0 aromatic heterocycles. The summed E-state index contributed by atoms with van der Waals surface area (Å²) in [5.41, 5.74) is 0. The lowest BCUT2D eigenvalue weighted by Crippen LogP contribution is -2.10. The molecule has 1 N–H and O–H groups in total. The fourth-order valence-electron chi connectivity index (χ4n) is 1.44. The first-order chi connectivity index (χ1) is 7.81. The summed E-state index contributed by atoms with van der Waals surface area (Å²) in [4.78, 5) is 10.2. The summed E-state index contributed by atoms with van der Waals surface area (Å²) in [7, 11) is 0.389. The Morgan fingerprint density at radius 1 is 0.882 bits per heavy atom. The van der Waals surface area contributed by atoms with E-state index in [0.29, 0.717) is 0 Å². The second-order valence-corrected chi connectivity index (χ2v) is 5.00. The van der Waals surface area contributed by atoms with Crippen molar-refractivity contribution in [3.05, 3.63) is 54.6 Å². The Bertz CT molecular complexity index is 445. The normalized spacial score (nSPS) is 11.4. The van der Waals surface area contributed by atoms with Gasteiger partial charge in [0.2, 0.25) is 0 Å². The molecular formula is C13H16BO2P. The predicted molar refractivity (Wildman–Crippen MR) is 77.8 cm³/mol. The fraction of sp³-hybridized carbons (Fsp3) is 0.0769. The third kappa shape index (κ3) is 3.32. The van der Waals surface area contributed by atoms with Crippen LogP contribution in [0.3, 0.4) is 0 Å². The van der Waals surface area contributed by atoms with E-state index >= 15 is 0 Å². The zero-order chi connectivity index (χ0) is 11.4. The van der Waals surface area contributed by atoms with Crippen molar-refractivity contribution in [1.82, 2.24) is 0 Å². The molecule has 4 heteroatoms. The van der Waals surface area contributed by atoms with Crippen molar-refractivity contribution in [2.24, 2.45) is 0 Å². The van der Waals surface area contributed by atoms with E-state index in [1.165, 1.54) is 0 Å². The average molecular weight is 246 g/mol. The molecule has 0 heterocycles. The van der Waals surface area contributed by atoms with Crippen molar-refractivity contribution in [2.75, 3.05) is 7.11 Å². The van der Waals surface area contributed by atoms with E-state index in [4.69, 9.17) is 4.74 Å². The summed E-state index contributed by atoms with van der Waals surface area (Å²) >= 11 is 0. The minimum absolute atomic E-state index is 0. The Balaban J connectivity index is 0.00000144.